The van der Waals surface area contributed by atoms with Crippen LogP contribution in [0.25, 0.3) is 0 Å². The van der Waals surface area contributed by atoms with Gasteiger partial charge >= 0.3 is 0 Å². The van der Waals surface area contributed by atoms with Gasteiger partial charge in [0.1, 0.15) is 0 Å². The highest BCUT2D eigenvalue weighted by molar-refractivity contribution is 5.97. The number of Topliss-reactive ketones (excluding diaryl/α,β-unsaturated/α-hetero) is 1. The van der Waals surface area contributed by atoms with E-state index >= 15 is 0 Å². The SMILES string of the molecule is CC(C)/C=C1/CCCC1=O. The van der Waals surface area contributed by atoms with Gasteiger partial charge in [0.2, 0.25) is 0 Å². The molecule has 0 heterocycles. The predicted molar refractivity (Wildman–Crippen MR) is 41.8 cm³/mol. The molecule has 10 heavy (non-hydrogen) atoms. The molecule has 0 spiro atoms. The molecule has 0 aromatic carbocycles. The van der Waals surface area contributed by atoms with Gasteiger partial charge < -0.3 is 0 Å². The van der Waals surface area contributed by atoms with Gasteiger partial charge in [-0.25, -0.2) is 0 Å². The molecule has 1 aliphatic rings. The molecule has 0 bridgehead atoms. The smallest absolute Gasteiger partial charge is 0.158 e. The van der Waals surface area contributed by atoms with Crippen molar-refractivity contribution < 1.29 is 4.79 Å². The molecule has 1 rings (SSSR count). The first kappa shape index (κ1) is 7.52. The Morgan fingerprint density at radius 2 is 2.10 bits per heavy atom. The van der Waals surface area contributed by atoms with Crippen molar-refractivity contribution in [2.24, 2.45) is 5.92 Å². The Bertz CT molecular complexity index is 166. The minimum atomic E-state index is 0.369. The first-order valence-electron chi connectivity index (χ1n) is 3.94. The van der Waals surface area contributed by atoms with E-state index in [1.165, 1.54) is 0 Å². The molecule has 0 saturated heterocycles. The van der Waals surface area contributed by atoms with Crippen molar-refractivity contribution in [2.45, 2.75) is 33.1 Å². The lowest BCUT2D eigenvalue weighted by Gasteiger charge is -1.96. The van der Waals surface area contributed by atoms with Gasteiger partial charge in [-0.2, -0.15) is 0 Å². The van der Waals surface area contributed by atoms with E-state index in [4.69, 9.17) is 0 Å². The van der Waals surface area contributed by atoms with E-state index in [0.29, 0.717) is 11.7 Å². The van der Waals surface area contributed by atoms with Crippen molar-refractivity contribution in [3.8, 4) is 0 Å². The van der Waals surface area contributed by atoms with Crippen molar-refractivity contribution in [3.63, 3.8) is 0 Å². The third-order valence-electron chi connectivity index (χ3n) is 1.74. The highest BCUT2D eigenvalue weighted by Gasteiger charge is 2.16. The molecule has 0 aliphatic heterocycles. The zero-order valence-corrected chi connectivity index (χ0v) is 6.68. The van der Waals surface area contributed by atoms with Gasteiger partial charge in [0.15, 0.2) is 5.78 Å². The van der Waals surface area contributed by atoms with E-state index in [0.717, 1.165) is 24.8 Å². The van der Waals surface area contributed by atoms with Crippen molar-refractivity contribution in [2.75, 3.05) is 0 Å². The summed E-state index contributed by atoms with van der Waals surface area (Å²) >= 11 is 0. The van der Waals surface area contributed by atoms with E-state index in [-0.39, 0.29) is 0 Å². The maximum atomic E-state index is 11.0. The van der Waals surface area contributed by atoms with Crippen LogP contribution in [0.3, 0.4) is 0 Å². The average Bonchev–Trinajstić information content (AvgIpc) is 2.15. The third-order valence-corrected chi connectivity index (χ3v) is 1.74. The van der Waals surface area contributed by atoms with Crippen LogP contribution in [0.1, 0.15) is 33.1 Å². The van der Waals surface area contributed by atoms with Crippen molar-refractivity contribution in [1.82, 2.24) is 0 Å². The minimum absolute atomic E-state index is 0.369. The molecule has 56 valence electrons. The van der Waals surface area contributed by atoms with Gasteiger partial charge in [-0.05, 0) is 24.3 Å². The molecule has 1 aliphatic carbocycles. The summed E-state index contributed by atoms with van der Waals surface area (Å²) in [5, 5.41) is 0. The summed E-state index contributed by atoms with van der Waals surface area (Å²) in [5.74, 6) is 0.894. The van der Waals surface area contributed by atoms with Crippen LogP contribution in [0.4, 0.5) is 0 Å². The highest BCUT2D eigenvalue weighted by atomic mass is 16.1. The molecule has 1 nitrogen and oxygen atoms in total. The molecule has 0 radical (unpaired) electrons. The Hall–Kier alpha value is -0.590. The minimum Gasteiger partial charge on any atom is -0.295 e. The number of hydrogen-bond donors (Lipinski definition) is 0. The number of allylic oxidation sites excluding steroid dienone is 2. The molecule has 0 atom stereocenters. The average molecular weight is 138 g/mol. The van der Waals surface area contributed by atoms with Crippen LogP contribution in [0, 0.1) is 5.92 Å². The van der Waals surface area contributed by atoms with Gasteiger partial charge in [-0.15, -0.1) is 0 Å². The monoisotopic (exact) mass is 138 g/mol. The zero-order chi connectivity index (χ0) is 7.56. The molecule has 0 aromatic rings. The number of hydrogen-bond acceptors (Lipinski definition) is 1. The van der Waals surface area contributed by atoms with Crippen molar-refractivity contribution in [1.29, 1.82) is 0 Å². The van der Waals surface area contributed by atoms with Crippen molar-refractivity contribution >= 4 is 5.78 Å². The lowest BCUT2D eigenvalue weighted by molar-refractivity contribution is -0.114. The maximum Gasteiger partial charge on any atom is 0.158 e. The van der Waals surface area contributed by atoms with Crippen LogP contribution in [0.2, 0.25) is 0 Å². The van der Waals surface area contributed by atoms with E-state index in [2.05, 4.69) is 19.9 Å². The Morgan fingerprint density at radius 1 is 1.40 bits per heavy atom. The second-order valence-corrected chi connectivity index (χ2v) is 3.21. The highest BCUT2D eigenvalue weighted by Crippen LogP contribution is 2.21. The van der Waals surface area contributed by atoms with E-state index < -0.39 is 0 Å². The Kier molecular flexibility index (Phi) is 2.25. The lowest BCUT2D eigenvalue weighted by atomic mass is 10.1. The third kappa shape index (κ3) is 1.69. The largest absolute Gasteiger partial charge is 0.295 e. The van der Waals surface area contributed by atoms with Gasteiger partial charge in [-0.3, -0.25) is 4.79 Å². The first-order valence-corrected chi connectivity index (χ1v) is 3.94. The second kappa shape index (κ2) is 3.00. The Labute approximate surface area is 62.1 Å². The molecule has 0 unspecified atom stereocenters. The molecular weight excluding hydrogens is 124 g/mol. The summed E-state index contributed by atoms with van der Waals surface area (Å²) in [7, 11) is 0. The van der Waals surface area contributed by atoms with E-state index in [1.54, 1.807) is 0 Å². The number of carbonyl (C=O) groups is 1. The van der Waals surface area contributed by atoms with Crippen LogP contribution >= 0.6 is 0 Å². The fourth-order valence-corrected chi connectivity index (χ4v) is 1.32. The van der Waals surface area contributed by atoms with Crippen LogP contribution in [-0.4, -0.2) is 5.78 Å². The molecule has 1 fully saturated rings. The van der Waals surface area contributed by atoms with Crippen molar-refractivity contribution in [3.05, 3.63) is 11.6 Å². The fourth-order valence-electron chi connectivity index (χ4n) is 1.32. The zero-order valence-electron chi connectivity index (χ0n) is 6.68. The van der Waals surface area contributed by atoms with E-state index in [1.807, 2.05) is 0 Å². The first-order chi connectivity index (χ1) is 4.70. The molecule has 0 amide bonds. The van der Waals surface area contributed by atoms with Gasteiger partial charge in [0.25, 0.3) is 0 Å². The second-order valence-electron chi connectivity index (χ2n) is 3.21. The summed E-state index contributed by atoms with van der Waals surface area (Å²) in [6.45, 7) is 4.22. The van der Waals surface area contributed by atoms with Crippen LogP contribution in [-0.2, 0) is 4.79 Å². The molecular formula is C9H14O. The topological polar surface area (TPSA) is 17.1 Å². The number of carbonyl (C=O) groups excluding carboxylic acids is 1. The fraction of sp³-hybridized carbons (Fsp3) is 0.667. The summed E-state index contributed by atoms with van der Waals surface area (Å²) in [5.41, 5.74) is 1.06. The molecule has 1 heteroatoms. The van der Waals surface area contributed by atoms with Crippen LogP contribution in [0.15, 0.2) is 11.6 Å². The quantitative estimate of drug-likeness (QED) is 0.508. The van der Waals surface area contributed by atoms with Crippen LogP contribution in [0.5, 0.6) is 0 Å². The van der Waals surface area contributed by atoms with E-state index in [9.17, 15) is 4.79 Å². The van der Waals surface area contributed by atoms with Gasteiger partial charge in [0, 0.05) is 6.42 Å². The normalized spacial score (nSPS) is 23.1. The van der Waals surface area contributed by atoms with Gasteiger partial charge in [-0.1, -0.05) is 19.9 Å². The Balaban J connectivity index is 2.62. The Morgan fingerprint density at radius 3 is 2.50 bits per heavy atom. The number of rotatable bonds is 1. The van der Waals surface area contributed by atoms with Crippen LogP contribution < -0.4 is 0 Å². The molecule has 0 aromatic heterocycles. The molecule has 0 N–H and O–H groups in total. The maximum absolute atomic E-state index is 11.0. The predicted octanol–water partition coefficient (Wildman–Crippen LogP) is 2.32. The summed E-state index contributed by atoms with van der Waals surface area (Å²) in [4.78, 5) is 11.0. The summed E-state index contributed by atoms with van der Waals surface area (Å²) < 4.78 is 0. The molecule has 1 saturated carbocycles. The standard InChI is InChI=1S/C9H14O/c1-7(2)6-8-4-3-5-9(8)10/h6-7H,3-5H2,1-2H3/b8-6-. The summed E-state index contributed by atoms with van der Waals surface area (Å²) in [6.07, 6.45) is 4.95. The van der Waals surface area contributed by atoms with Gasteiger partial charge in [0.05, 0.1) is 0 Å². The number of ketones is 1. The lowest BCUT2D eigenvalue weighted by Crippen LogP contribution is -1.93. The summed E-state index contributed by atoms with van der Waals surface area (Å²) in [6, 6.07) is 0.